The average molecular weight is 291 g/mol. The van der Waals surface area contributed by atoms with E-state index in [-0.39, 0.29) is 25.0 Å². The van der Waals surface area contributed by atoms with Crippen molar-refractivity contribution < 1.29 is 14.3 Å². The molecule has 21 heavy (non-hydrogen) atoms. The molecule has 3 amide bonds. The lowest BCUT2D eigenvalue weighted by atomic mass is 9.87. The Kier molecular flexibility index (Phi) is 4.47. The topological polar surface area (TPSA) is 84.7 Å². The van der Waals surface area contributed by atoms with Crippen molar-refractivity contribution >= 4 is 11.9 Å². The van der Waals surface area contributed by atoms with Gasteiger partial charge in [0.15, 0.2) is 0 Å². The molecule has 0 saturated carbocycles. The number of nitrogens with two attached hydrogens (primary N) is 1. The first-order valence-electron chi connectivity index (χ1n) is 7.16. The summed E-state index contributed by atoms with van der Waals surface area (Å²) in [6, 6.07) is 6.86. The van der Waals surface area contributed by atoms with Crippen LogP contribution in [0.3, 0.4) is 0 Å². The first-order valence-corrected chi connectivity index (χ1v) is 7.16. The molecule has 2 rings (SSSR count). The van der Waals surface area contributed by atoms with Crippen molar-refractivity contribution in [1.82, 2.24) is 10.2 Å². The maximum atomic E-state index is 12.6. The van der Waals surface area contributed by atoms with Gasteiger partial charge >= 0.3 is 6.03 Å². The highest BCUT2D eigenvalue weighted by molar-refractivity contribution is 6.07. The van der Waals surface area contributed by atoms with Gasteiger partial charge in [0.25, 0.3) is 5.91 Å². The van der Waals surface area contributed by atoms with Crippen molar-refractivity contribution in [3.63, 3.8) is 0 Å². The summed E-state index contributed by atoms with van der Waals surface area (Å²) in [5.41, 5.74) is 5.22. The zero-order valence-corrected chi connectivity index (χ0v) is 12.4. The summed E-state index contributed by atoms with van der Waals surface area (Å²) < 4.78 is 5.40. The van der Waals surface area contributed by atoms with E-state index in [1.165, 1.54) is 4.90 Å². The fourth-order valence-electron chi connectivity index (χ4n) is 2.60. The molecular weight excluding hydrogens is 270 g/mol. The molecule has 0 aliphatic carbocycles. The molecule has 0 aromatic heterocycles. The number of benzene rings is 1. The van der Waals surface area contributed by atoms with Crippen molar-refractivity contribution in [1.29, 1.82) is 0 Å². The predicted molar refractivity (Wildman–Crippen MR) is 78.9 cm³/mol. The van der Waals surface area contributed by atoms with Gasteiger partial charge in [-0.1, -0.05) is 19.1 Å². The van der Waals surface area contributed by atoms with Crippen LogP contribution in [0.4, 0.5) is 4.79 Å². The molecule has 3 N–H and O–H groups in total. The molecule has 1 aliphatic heterocycles. The molecule has 1 aromatic carbocycles. The largest absolute Gasteiger partial charge is 0.494 e. The van der Waals surface area contributed by atoms with Crippen LogP contribution in [0, 0.1) is 0 Å². The van der Waals surface area contributed by atoms with Gasteiger partial charge in [-0.15, -0.1) is 0 Å². The van der Waals surface area contributed by atoms with Gasteiger partial charge in [0, 0.05) is 13.1 Å². The second-order valence-electron chi connectivity index (χ2n) is 4.89. The molecule has 0 spiro atoms. The molecule has 6 nitrogen and oxygen atoms in total. The molecule has 1 fully saturated rings. The summed E-state index contributed by atoms with van der Waals surface area (Å²) in [5.74, 6) is 0.493. The highest BCUT2D eigenvalue weighted by Crippen LogP contribution is 2.33. The molecule has 0 bridgehead atoms. The minimum absolute atomic E-state index is 0.226. The lowest BCUT2D eigenvalue weighted by molar-refractivity contribution is -0.131. The summed E-state index contributed by atoms with van der Waals surface area (Å²) in [5, 5.41) is 2.81. The lowest BCUT2D eigenvalue weighted by Gasteiger charge is -2.26. The number of rotatable bonds is 6. The van der Waals surface area contributed by atoms with Gasteiger partial charge in [-0.3, -0.25) is 9.69 Å². The number of nitrogens with zero attached hydrogens (tertiary/aromatic N) is 1. The Morgan fingerprint density at radius 1 is 1.24 bits per heavy atom. The second-order valence-corrected chi connectivity index (χ2v) is 4.89. The SMILES string of the molecule is CCOc1ccc(C2(CC)NC(=O)N(CCN)C2=O)cc1. The van der Waals surface area contributed by atoms with Crippen LogP contribution < -0.4 is 15.8 Å². The molecule has 1 heterocycles. The maximum absolute atomic E-state index is 12.6. The van der Waals surface area contributed by atoms with Gasteiger partial charge in [0.1, 0.15) is 11.3 Å². The third-order valence-electron chi connectivity index (χ3n) is 3.72. The molecule has 0 radical (unpaired) electrons. The van der Waals surface area contributed by atoms with Gasteiger partial charge in [0.2, 0.25) is 0 Å². The van der Waals surface area contributed by atoms with Crippen LogP contribution >= 0.6 is 0 Å². The van der Waals surface area contributed by atoms with Gasteiger partial charge < -0.3 is 15.8 Å². The number of carbonyl (C=O) groups excluding carboxylic acids is 2. The van der Waals surface area contributed by atoms with E-state index >= 15 is 0 Å². The fraction of sp³-hybridized carbons (Fsp3) is 0.467. The predicted octanol–water partition coefficient (Wildman–Crippen LogP) is 1.20. The third-order valence-corrected chi connectivity index (χ3v) is 3.72. The number of hydrogen-bond acceptors (Lipinski definition) is 4. The van der Waals surface area contributed by atoms with Gasteiger partial charge in [-0.2, -0.15) is 0 Å². The van der Waals surface area contributed by atoms with Crippen LogP contribution in [0.1, 0.15) is 25.8 Å². The van der Waals surface area contributed by atoms with E-state index in [9.17, 15) is 9.59 Å². The third kappa shape index (κ3) is 2.58. The smallest absolute Gasteiger partial charge is 0.325 e. The highest BCUT2D eigenvalue weighted by Gasteiger charge is 2.50. The normalized spacial score (nSPS) is 21.6. The minimum atomic E-state index is -1.00. The van der Waals surface area contributed by atoms with Gasteiger partial charge in [0.05, 0.1) is 6.61 Å². The van der Waals surface area contributed by atoms with Crippen LogP contribution in [0.25, 0.3) is 0 Å². The zero-order chi connectivity index (χ0) is 15.5. The van der Waals surface area contributed by atoms with Crippen LogP contribution in [0.5, 0.6) is 5.75 Å². The van der Waals surface area contributed by atoms with Crippen molar-refractivity contribution in [2.24, 2.45) is 5.73 Å². The van der Waals surface area contributed by atoms with Crippen LogP contribution in [-0.4, -0.2) is 36.5 Å². The Morgan fingerprint density at radius 2 is 1.90 bits per heavy atom. The maximum Gasteiger partial charge on any atom is 0.325 e. The Hall–Kier alpha value is -2.08. The molecule has 1 saturated heterocycles. The Balaban J connectivity index is 2.33. The van der Waals surface area contributed by atoms with E-state index in [2.05, 4.69) is 5.32 Å². The number of urea groups is 1. The van der Waals surface area contributed by atoms with Crippen molar-refractivity contribution in [3.8, 4) is 5.75 Å². The van der Waals surface area contributed by atoms with E-state index in [0.717, 1.165) is 11.3 Å². The van der Waals surface area contributed by atoms with Crippen molar-refractivity contribution in [2.45, 2.75) is 25.8 Å². The van der Waals surface area contributed by atoms with Crippen LogP contribution in [0.2, 0.25) is 0 Å². The van der Waals surface area contributed by atoms with Gasteiger partial charge in [-0.25, -0.2) is 4.79 Å². The van der Waals surface area contributed by atoms with E-state index in [1.807, 2.05) is 26.0 Å². The molecule has 1 unspecified atom stereocenters. The molecule has 114 valence electrons. The van der Waals surface area contributed by atoms with Crippen LogP contribution in [0.15, 0.2) is 24.3 Å². The van der Waals surface area contributed by atoms with E-state index in [4.69, 9.17) is 10.5 Å². The number of hydrogen-bond donors (Lipinski definition) is 2. The zero-order valence-electron chi connectivity index (χ0n) is 12.4. The molecule has 6 heteroatoms. The summed E-state index contributed by atoms with van der Waals surface area (Å²) in [7, 11) is 0. The Labute approximate surface area is 124 Å². The minimum Gasteiger partial charge on any atom is -0.494 e. The quantitative estimate of drug-likeness (QED) is 0.771. The fourth-order valence-corrected chi connectivity index (χ4v) is 2.60. The molecule has 1 atom stereocenters. The van der Waals surface area contributed by atoms with E-state index in [1.54, 1.807) is 12.1 Å². The summed E-state index contributed by atoms with van der Waals surface area (Å²) in [6.07, 6.45) is 0.479. The van der Waals surface area contributed by atoms with Crippen molar-refractivity contribution in [3.05, 3.63) is 29.8 Å². The lowest BCUT2D eigenvalue weighted by Crippen LogP contribution is -2.43. The first kappa shape index (κ1) is 15.3. The Morgan fingerprint density at radius 3 is 2.43 bits per heavy atom. The summed E-state index contributed by atoms with van der Waals surface area (Å²) in [4.78, 5) is 25.8. The summed E-state index contributed by atoms with van der Waals surface area (Å²) in [6.45, 7) is 4.84. The van der Waals surface area contributed by atoms with E-state index < -0.39 is 5.54 Å². The van der Waals surface area contributed by atoms with Gasteiger partial charge in [-0.05, 0) is 31.0 Å². The van der Waals surface area contributed by atoms with Crippen molar-refractivity contribution in [2.75, 3.05) is 19.7 Å². The number of ether oxygens (including phenoxy) is 1. The standard InChI is InChI=1S/C15H21N3O3/c1-3-15(11-5-7-12(8-6-11)21-4-2)13(19)18(10-9-16)14(20)17-15/h5-8H,3-4,9-10,16H2,1-2H3,(H,17,20). The van der Waals surface area contributed by atoms with E-state index in [0.29, 0.717) is 13.0 Å². The monoisotopic (exact) mass is 291 g/mol. The second kappa shape index (κ2) is 6.13. The molecular formula is C15H21N3O3. The number of imide groups is 1. The first-order chi connectivity index (χ1) is 10.1. The summed E-state index contributed by atoms with van der Waals surface area (Å²) >= 11 is 0. The number of carbonyl (C=O) groups is 2. The molecule has 1 aliphatic rings. The molecule has 1 aromatic rings. The number of nitrogens with one attached hydrogen (secondary N) is 1. The highest BCUT2D eigenvalue weighted by atomic mass is 16.5. The average Bonchev–Trinajstić information content (AvgIpc) is 2.74. The van der Waals surface area contributed by atoms with Crippen LogP contribution in [-0.2, 0) is 10.3 Å². The number of amides is 3. The Bertz CT molecular complexity index is 529.